The first-order valence-electron chi connectivity index (χ1n) is 8.47. The zero-order chi connectivity index (χ0) is 14.7. The first kappa shape index (κ1) is 14.9. The van der Waals surface area contributed by atoms with Crippen LogP contribution < -0.4 is 10.2 Å². The van der Waals surface area contributed by atoms with Crippen molar-refractivity contribution in [2.75, 3.05) is 32.1 Å². The van der Waals surface area contributed by atoms with Crippen LogP contribution in [0.3, 0.4) is 0 Å². The average molecular weight is 287 g/mol. The van der Waals surface area contributed by atoms with Crippen molar-refractivity contribution in [1.82, 2.24) is 10.2 Å². The third kappa shape index (κ3) is 3.41. The van der Waals surface area contributed by atoms with Crippen molar-refractivity contribution in [3.05, 3.63) is 30.3 Å². The molecule has 2 saturated heterocycles. The maximum atomic E-state index is 3.49. The fourth-order valence-electron chi connectivity index (χ4n) is 4.18. The van der Waals surface area contributed by atoms with Gasteiger partial charge in [-0.2, -0.15) is 0 Å². The zero-order valence-corrected chi connectivity index (χ0v) is 13.5. The summed E-state index contributed by atoms with van der Waals surface area (Å²) in [7, 11) is 4.33. The molecule has 1 aromatic rings. The summed E-state index contributed by atoms with van der Waals surface area (Å²) in [6.45, 7) is 2.42. The second kappa shape index (κ2) is 6.80. The van der Waals surface area contributed by atoms with E-state index < -0.39 is 0 Å². The number of nitrogens with one attached hydrogen (secondary N) is 1. The molecule has 2 aliphatic heterocycles. The van der Waals surface area contributed by atoms with E-state index in [0.717, 1.165) is 24.7 Å². The number of hydrogen-bond donors (Lipinski definition) is 1. The van der Waals surface area contributed by atoms with Gasteiger partial charge in [-0.3, -0.25) is 4.90 Å². The van der Waals surface area contributed by atoms with Crippen LogP contribution in [-0.2, 0) is 0 Å². The van der Waals surface area contributed by atoms with Crippen LogP contribution in [0.25, 0.3) is 0 Å². The molecule has 2 aliphatic rings. The van der Waals surface area contributed by atoms with E-state index in [4.69, 9.17) is 0 Å². The van der Waals surface area contributed by atoms with Gasteiger partial charge in [-0.05, 0) is 51.3 Å². The minimum Gasteiger partial charge on any atom is -0.375 e. The fraction of sp³-hybridized carbons (Fsp3) is 0.667. The highest BCUT2D eigenvalue weighted by Crippen LogP contribution is 2.35. The van der Waals surface area contributed by atoms with Gasteiger partial charge in [0.1, 0.15) is 0 Å². The Hall–Kier alpha value is -1.06. The van der Waals surface area contributed by atoms with E-state index in [1.807, 2.05) is 0 Å². The van der Waals surface area contributed by atoms with E-state index in [0.29, 0.717) is 0 Å². The second-order valence-corrected chi connectivity index (χ2v) is 6.69. The Balaban J connectivity index is 1.46. The number of anilines is 1. The summed E-state index contributed by atoms with van der Waals surface area (Å²) in [5.74, 6) is 0. The predicted octanol–water partition coefficient (Wildman–Crippen LogP) is 2.73. The van der Waals surface area contributed by atoms with Gasteiger partial charge < -0.3 is 10.2 Å². The van der Waals surface area contributed by atoms with Gasteiger partial charge in [-0.25, -0.2) is 0 Å². The second-order valence-electron chi connectivity index (χ2n) is 6.69. The number of nitrogens with zero attached hydrogens (tertiary/aromatic N) is 2. The summed E-state index contributed by atoms with van der Waals surface area (Å²) in [4.78, 5) is 5.18. The Morgan fingerprint density at radius 3 is 2.43 bits per heavy atom. The smallest absolute Gasteiger partial charge is 0.0363 e. The van der Waals surface area contributed by atoms with E-state index in [1.165, 1.54) is 44.3 Å². The van der Waals surface area contributed by atoms with Gasteiger partial charge in [0.25, 0.3) is 0 Å². The van der Waals surface area contributed by atoms with Crippen molar-refractivity contribution >= 4 is 5.69 Å². The average Bonchev–Trinajstić information content (AvgIpc) is 2.77. The standard InChI is InChI=1S/C18H29N3/c1-19-15-13-17-9-10-18(14-15)21(17)12-6-11-20(2)16-7-4-3-5-8-16/h3-5,7-8,15,17-19H,6,9-14H2,1-2H3. The first-order chi connectivity index (χ1) is 10.3. The highest BCUT2D eigenvalue weighted by Gasteiger charge is 2.39. The minimum absolute atomic E-state index is 0.755. The Morgan fingerprint density at radius 2 is 1.81 bits per heavy atom. The molecule has 1 N–H and O–H groups in total. The summed E-state index contributed by atoms with van der Waals surface area (Å²) >= 11 is 0. The lowest BCUT2D eigenvalue weighted by Gasteiger charge is -2.39. The molecule has 3 nitrogen and oxygen atoms in total. The molecular weight excluding hydrogens is 258 g/mol. The van der Waals surface area contributed by atoms with E-state index >= 15 is 0 Å². The van der Waals surface area contributed by atoms with Crippen LogP contribution in [0.4, 0.5) is 5.69 Å². The molecule has 3 heteroatoms. The van der Waals surface area contributed by atoms with Gasteiger partial charge >= 0.3 is 0 Å². The largest absolute Gasteiger partial charge is 0.375 e. The molecule has 0 aliphatic carbocycles. The van der Waals surface area contributed by atoms with Crippen LogP contribution in [0.2, 0.25) is 0 Å². The van der Waals surface area contributed by atoms with E-state index in [1.54, 1.807) is 0 Å². The Labute approximate surface area is 129 Å². The van der Waals surface area contributed by atoms with Crippen molar-refractivity contribution in [2.24, 2.45) is 0 Å². The van der Waals surface area contributed by atoms with E-state index in [-0.39, 0.29) is 0 Å². The lowest BCUT2D eigenvalue weighted by Crippen LogP contribution is -2.48. The Bertz CT molecular complexity index is 419. The van der Waals surface area contributed by atoms with Gasteiger partial charge in [0, 0.05) is 44.0 Å². The summed E-state index contributed by atoms with van der Waals surface area (Å²) in [5, 5.41) is 3.49. The molecule has 2 atom stereocenters. The summed E-state index contributed by atoms with van der Waals surface area (Å²) in [6, 6.07) is 13.1. The van der Waals surface area contributed by atoms with Crippen molar-refractivity contribution in [1.29, 1.82) is 0 Å². The molecule has 116 valence electrons. The molecule has 0 aromatic heterocycles. The fourth-order valence-corrected chi connectivity index (χ4v) is 4.18. The minimum atomic E-state index is 0.755. The predicted molar refractivity (Wildman–Crippen MR) is 89.9 cm³/mol. The molecule has 2 heterocycles. The van der Waals surface area contributed by atoms with Gasteiger partial charge in [-0.1, -0.05) is 18.2 Å². The maximum absolute atomic E-state index is 3.49. The van der Waals surface area contributed by atoms with Crippen LogP contribution in [0.15, 0.2) is 30.3 Å². The molecule has 2 fully saturated rings. The van der Waals surface area contributed by atoms with Gasteiger partial charge in [0.2, 0.25) is 0 Å². The van der Waals surface area contributed by atoms with Gasteiger partial charge in [0.05, 0.1) is 0 Å². The molecule has 2 bridgehead atoms. The van der Waals surface area contributed by atoms with Crippen LogP contribution in [0.1, 0.15) is 32.1 Å². The number of piperidine rings is 1. The van der Waals surface area contributed by atoms with Crippen LogP contribution >= 0.6 is 0 Å². The number of para-hydroxylation sites is 1. The number of rotatable bonds is 6. The Kier molecular flexibility index (Phi) is 4.81. The van der Waals surface area contributed by atoms with Crippen molar-refractivity contribution in [3.8, 4) is 0 Å². The maximum Gasteiger partial charge on any atom is 0.0363 e. The molecule has 0 spiro atoms. The molecule has 1 aromatic carbocycles. The normalized spacial score (nSPS) is 28.8. The highest BCUT2D eigenvalue weighted by atomic mass is 15.2. The molecule has 2 unspecified atom stereocenters. The molecule has 0 saturated carbocycles. The van der Waals surface area contributed by atoms with Crippen LogP contribution in [0, 0.1) is 0 Å². The summed E-state index contributed by atoms with van der Waals surface area (Å²) in [5.41, 5.74) is 1.33. The van der Waals surface area contributed by atoms with Gasteiger partial charge in [0.15, 0.2) is 0 Å². The zero-order valence-electron chi connectivity index (χ0n) is 13.5. The van der Waals surface area contributed by atoms with Crippen molar-refractivity contribution < 1.29 is 0 Å². The molecular formula is C18H29N3. The molecule has 21 heavy (non-hydrogen) atoms. The van der Waals surface area contributed by atoms with Crippen LogP contribution in [0.5, 0.6) is 0 Å². The Morgan fingerprint density at radius 1 is 1.14 bits per heavy atom. The molecule has 0 amide bonds. The number of hydrogen-bond acceptors (Lipinski definition) is 3. The molecule has 0 radical (unpaired) electrons. The number of fused-ring (bicyclic) bond motifs is 2. The third-order valence-corrected chi connectivity index (χ3v) is 5.40. The van der Waals surface area contributed by atoms with Crippen molar-refractivity contribution in [3.63, 3.8) is 0 Å². The number of benzene rings is 1. The quantitative estimate of drug-likeness (QED) is 0.868. The summed E-state index contributed by atoms with van der Waals surface area (Å²) in [6.07, 6.45) is 6.79. The van der Waals surface area contributed by atoms with Gasteiger partial charge in [-0.15, -0.1) is 0 Å². The van der Waals surface area contributed by atoms with Crippen molar-refractivity contribution in [2.45, 2.75) is 50.2 Å². The lowest BCUT2D eigenvalue weighted by molar-refractivity contribution is 0.118. The van der Waals surface area contributed by atoms with E-state index in [2.05, 4.69) is 59.5 Å². The monoisotopic (exact) mass is 287 g/mol. The highest BCUT2D eigenvalue weighted by molar-refractivity contribution is 5.44. The topological polar surface area (TPSA) is 18.5 Å². The SMILES string of the molecule is CNC1CC2CCC(C1)N2CCCN(C)c1ccccc1. The van der Waals surface area contributed by atoms with E-state index in [9.17, 15) is 0 Å². The van der Waals surface area contributed by atoms with Crippen LogP contribution in [-0.4, -0.2) is 50.2 Å². The first-order valence-corrected chi connectivity index (χ1v) is 8.47. The molecule has 3 rings (SSSR count). The lowest BCUT2D eigenvalue weighted by atomic mass is 9.97. The third-order valence-electron chi connectivity index (χ3n) is 5.40. The summed E-state index contributed by atoms with van der Waals surface area (Å²) < 4.78 is 0.